The molecule has 2 fully saturated rings. The molecule has 1 aromatic heterocycles. The standard InChI is InChI=1S/C13H12O2S2/c14-12-9(8-10-2-1-5-15-10)3-4-11(12)13-16-6-7-17-13/h1-2,5,8H,3-4,6-7H2/b9-8-. The second-order valence-corrected chi connectivity index (χ2v) is 6.45. The lowest BCUT2D eigenvalue weighted by atomic mass is 10.1. The molecular formula is C13H12O2S2. The van der Waals surface area contributed by atoms with Crippen molar-refractivity contribution in [3.8, 4) is 0 Å². The topological polar surface area (TPSA) is 30.2 Å². The van der Waals surface area contributed by atoms with Crippen LogP contribution in [0.1, 0.15) is 18.6 Å². The van der Waals surface area contributed by atoms with Crippen LogP contribution in [-0.2, 0) is 4.79 Å². The Balaban J connectivity index is 1.87. The smallest absolute Gasteiger partial charge is 0.186 e. The maximum Gasteiger partial charge on any atom is 0.186 e. The van der Waals surface area contributed by atoms with Gasteiger partial charge in [-0.15, -0.1) is 23.5 Å². The normalized spacial score (nSPS) is 23.1. The van der Waals surface area contributed by atoms with Crippen molar-refractivity contribution in [2.24, 2.45) is 0 Å². The van der Waals surface area contributed by atoms with Gasteiger partial charge in [0, 0.05) is 26.9 Å². The monoisotopic (exact) mass is 264 g/mol. The summed E-state index contributed by atoms with van der Waals surface area (Å²) in [7, 11) is 0. The number of carbonyl (C=O) groups excluding carboxylic acids is 1. The first-order valence-electron chi connectivity index (χ1n) is 5.62. The minimum Gasteiger partial charge on any atom is -0.465 e. The third kappa shape index (κ3) is 2.24. The van der Waals surface area contributed by atoms with Crippen molar-refractivity contribution in [3.63, 3.8) is 0 Å². The van der Waals surface area contributed by atoms with Crippen LogP contribution in [0, 0.1) is 0 Å². The second-order valence-electron chi connectivity index (χ2n) is 3.98. The lowest BCUT2D eigenvalue weighted by molar-refractivity contribution is -0.111. The molecule has 0 bridgehead atoms. The van der Waals surface area contributed by atoms with E-state index >= 15 is 0 Å². The summed E-state index contributed by atoms with van der Waals surface area (Å²) in [6.07, 6.45) is 5.24. The number of allylic oxidation sites excluding steroid dienone is 2. The van der Waals surface area contributed by atoms with E-state index in [2.05, 4.69) is 0 Å². The van der Waals surface area contributed by atoms with E-state index in [1.807, 2.05) is 41.7 Å². The van der Waals surface area contributed by atoms with E-state index in [1.165, 1.54) is 4.24 Å². The molecular weight excluding hydrogens is 252 g/mol. The fraction of sp³-hybridized carbons (Fsp3) is 0.308. The van der Waals surface area contributed by atoms with Crippen molar-refractivity contribution in [3.05, 3.63) is 39.5 Å². The molecule has 0 atom stereocenters. The van der Waals surface area contributed by atoms with Crippen LogP contribution in [0.25, 0.3) is 6.08 Å². The van der Waals surface area contributed by atoms with Crippen LogP contribution in [0.15, 0.2) is 38.2 Å². The van der Waals surface area contributed by atoms with E-state index in [9.17, 15) is 4.79 Å². The number of furan rings is 1. The molecule has 0 radical (unpaired) electrons. The van der Waals surface area contributed by atoms with Crippen LogP contribution in [0.5, 0.6) is 0 Å². The summed E-state index contributed by atoms with van der Waals surface area (Å²) in [6.45, 7) is 0. The number of carbonyl (C=O) groups is 1. The molecule has 1 aromatic rings. The van der Waals surface area contributed by atoms with Crippen LogP contribution in [0.3, 0.4) is 0 Å². The Labute approximate surface area is 109 Å². The van der Waals surface area contributed by atoms with Gasteiger partial charge in [0.05, 0.1) is 6.26 Å². The fourth-order valence-electron chi connectivity index (χ4n) is 2.04. The zero-order valence-electron chi connectivity index (χ0n) is 9.27. The first-order valence-corrected chi connectivity index (χ1v) is 7.59. The Morgan fingerprint density at radius 3 is 2.76 bits per heavy atom. The van der Waals surface area contributed by atoms with E-state index in [0.29, 0.717) is 0 Å². The molecule has 2 nitrogen and oxygen atoms in total. The van der Waals surface area contributed by atoms with Crippen molar-refractivity contribution in [2.45, 2.75) is 12.8 Å². The van der Waals surface area contributed by atoms with Crippen molar-refractivity contribution < 1.29 is 9.21 Å². The second kappa shape index (κ2) is 4.78. The van der Waals surface area contributed by atoms with E-state index in [-0.39, 0.29) is 5.78 Å². The van der Waals surface area contributed by atoms with Gasteiger partial charge in [0.25, 0.3) is 0 Å². The van der Waals surface area contributed by atoms with Crippen LogP contribution in [-0.4, -0.2) is 17.3 Å². The molecule has 1 saturated heterocycles. The highest BCUT2D eigenvalue weighted by Crippen LogP contribution is 2.43. The number of thioether (sulfide) groups is 2. The summed E-state index contributed by atoms with van der Waals surface area (Å²) in [5.74, 6) is 3.26. The van der Waals surface area contributed by atoms with Gasteiger partial charge in [-0.3, -0.25) is 4.79 Å². The predicted molar refractivity (Wildman–Crippen MR) is 72.9 cm³/mol. The van der Waals surface area contributed by atoms with Gasteiger partial charge in [-0.05, 0) is 31.1 Å². The van der Waals surface area contributed by atoms with Crippen molar-refractivity contribution in [2.75, 3.05) is 11.5 Å². The zero-order valence-corrected chi connectivity index (χ0v) is 10.9. The van der Waals surface area contributed by atoms with Gasteiger partial charge in [0.1, 0.15) is 5.76 Å². The predicted octanol–water partition coefficient (Wildman–Crippen LogP) is 3.72. The molecule has 0 unspecified atom stereocenters. The summed E-state index contributed by atoms with van der Waals surface area (Å²) in [6, 6.07) is 3.72. The van der Waals surface area contributed by atoms with Gasteiger partial charge in [0.2, 0.25) is 0 Å². The molecule has 0 aromatic carbocycles. The Morgan fingerprint density at radius 1 is 1.24 bits per heavy atom. The average molecular weight is 264 g/mol. The molecule has 88 valence electrons. The SMILES string of the molecule is O=C1C(=C2SCCS2)CC/C1=C/c1ccco1. The van der Waals surface area contributed by atoms with Crippen molar-refractivity contribution in [1.82, 2.24) is 0 Å². The van der Waals surface area contributed by atoms with E-state index in [0.717, 1.165) is 41.3 Å². The molecule has 2 heterocycles. The molecule has 0 amide bonds. The lowest BCUT2D eigenvalue weighted by Crippen LogP contribution is -1.96. The van der Waals surface area contributed by atoms with Gasteiger partial charge in [-0.1, -0.05) is 0 Å². The Hall–Kier alpha value is -0.870. The van der Waals surface area contributed by atoms with E-state index in [1.54, 1.807) is 6.26 Å². The summed E-state index contributed by atoms with van der Waals surface area (Å²) >= 11 is 3.65. The van der Waals surface area contributed by atoms with Gasteiger partial charge in [-0.25, -0.2) is 0 Å². The van der Waals surface area contributed by atoms with E-state index < -0.39 is 0 Å². The maximum absolute atomic E-state index is 12.2. The van der Waals surface area contributed by atoms with Crippen LogP contribution in [0.4, 0.5) is 0 Å². The first-order chi connectivity index (χ1) is 8.34. The number of hydrogen-bond donors (Lipinski definition) is 0. The summed E-state index contributed by atoms with van der Waals surface area (Å²) in [5, 5.41) is 0. The van der Waals surface area contributed by atoms with Crippen LogP contribution >= 0.6 is 23.5 Å². The minimum absolute atomic E-state index is 0.221. The number of hydrogen-bond acceptors (Lipinski definition) is 4. The highest BCUT2D eigenvalue weighted by atomic mass is 32.2. The van der Waals surface area contributed by atoms with E-state index in [4.69, 9.17) is 4.42 Å². The zero-order chi connectivity index (χ0) is 11.7. The highest BCUT2D eigenvalue weighted by molar-refractivity contribution is 8.25. The first kappa shape index (κ1) is 11.2. The van der Waals surface area contributed by atoms with Crippen LogP contribution in [0.2, 0.25) is 0 Å². The summed E-state index contributed by atoms with van der Waals surface area (Å²) < 4.78 is 6.50. The third-order valence-corrected chi connectivity index (χ3v) is 5.66. The largest absolute Gasteiger partial charge is 0.465 e. The quantitative estimate of drug-likeness (QED) is 0.723. The Bertz CT molecular complexity index is 489. The molecule has 17 heavy (non-hydrogen) atoms. The number of ketones is 1. The molecule has 1 aliphatic heterocycles. The molecule has 4 heteroatoms. The van der Waals surface area contributed by atoms with Gasteiger partial charge in [-0.2, -0.15) is 0 Å². The average Bonchev–Trinajstić information content (AvgIpc) is 3.03. The van der Waals surface area contributed by atoms with Gasteiger partial charge >= 0.3 is 0 Å². The fourth-order valence-corrected chi connectivity index (χ4v) is 4.65. The Kier molecular flexibility index (Phi) is 3.16. The van der Waals surface area contributed by atoms with Crippen LogP contribution < -0.4 is 0 Å². The van der Waals surface area contributed by atoms with Gasteiger partial charge in [0.15, 0.2) is 5.78 Å². The lowest BCUT2D eigenvalue weighted by Gasteiger charge is -1.98. The molecule has 0 N–H and O–H groups in total. The van der Waals surface area contributed by atoms with Crippen molar-refractivity contribution in [1.29, 1.82) is 0 Å². The molecule has 1 aliphatic carbocycles. The molecule has 0 spiro atoms. The molecule has 3 rings (SSSR count). The summed E-state index contributed by atoms with van der Waals surface area (Å²) in [4.78, 5) is 12.2. The number of Topliss-reactive ketones (excluding diaryl/α,β-unsaturated/α-hetero) is 1. The molecule has 2 aliphatic rings. The third-order valence-electron chi connectivity index (χ3n) is 2.87. The summed E-state index contributed by atoms with van der Waals surface area (Å²) in [5.41, 5.74) is 1.91. The van der Waals surface area contributed by atoms with Gasteiger partial charge < -0.3 is 4.42 Å². The maximum atomic E-state index is 12.2. The van der Waals surface area contributed by atoms with Crippen molar-refractivity contribution >= 4 is 35.4 Å². The molecule has 1 saturated carbocycles. The minimum atomic E-state index is 0.221. The number of rotatable bonds is 1. The Morgan fingerprint density at radius 2 is 2.06 bits per heavy atom. The highest BCUT2D eigenvalue weighted by Gasteiger charge is 2.28.